The van der Waals surface area contributed by atoms with Crippen molar-refractivity contribution in [2.75, 3.05) is 6.61 Å². The SMILES string of the molecule is C=CCCC[C@H]1OCC[C@H]1C. The molecule has 1 nitrogen and oxygen atoms in total. The maximum Gasteiger partial charge on any atom is 0.0601 e. The van der Waals surface area contributed by atoms with E-state index in [0.717, 1.165) is 18.9 Å². The lowest BCUT2D eigenvalue weighted by Gasteiger charge is -2.12. The summed E-state index contributed by atoms with van der Waals surface area (Å²) in [6.45, 7) is 6.96. The molecule has 0 amide bonds. The molecule has 0 unspecified atom stereocenters. The molecule has 0 N–H and O–H groups in total. The Labute approximate surface area is 69.4 Å². The predicted octanol–water partition coefficient (Wildman–Crippen LogP) is 2.77. The molecule has 0 aromatic carbocycles. The molecule has 11 heavy (non-hydrogen) atoms. The van der Waals surface area contributed by atoms with Gasteiger partial charge in [0.05, 0.1) is 6.10 Å². The van der Waals surface area contributed by atoms with Gasteiger partial charge >= 0.3 is 0 Å². The van der Waals surface area contributed by atoms with Crippen LogP contribution in [0.5, 0.6) is 0 Å². The van der Waals surface area contributed by atoms with E-state index < -0.39 is 0 Å². The quantitative estimate of drug-likeness (QED) is 0.447. The summed E-state index contributed by atoms with van der Waals surface area (Å²) in [5.74, 6) is 0.778. The molecule has 0 aromatic heterocycles. The van der Waals surface area contributed by atoms with Crippen molar-refractivity contribution in [1.82, 2.24) is 0 Å². The highest BCUT2D eigenvalue weighted by molar-refractivity contribution is 4.74. The van der Waals surface area contributed by atoms with Crippen LogP contribution in [0.4, 0.5) is 0 Å². The molecule has 1 heterocycles. The van der Waals surface area contributed by atoms with Gasteiger partial charge in [-0.3, -0.25) is 0 Å². The van der Waals surface area contributed by atoms with Crippen LogP contribution in [-0.4, -0.2) is 12.7 Å². The minimum Gasteiger partial charge on any atom is -0.378 e. The van der Waals surface area contributed by atoms with Gasteiger partial charge in [0.1, 0.15) is 0 Å². The molecule has 0 spiro atoms. The van der Waals surface area contributed by atoms with Gasteiger partial charge in [-0.15, -0.1) is 6.58 Å². The monoisotopic (exact) mass is 154 g/mol. The number of unbranched alkanes of at least 4 members (excludes halogenated alkanes) is 1. The Morgan fingerprint density at radius 3 is 3.00 bits per heavy atom. The van der Waals surface area contributed by atoms with Crippen molar-refractivity contribution in [3.05, 3.63) is 12.7 Å². The van der Waals surface area contributed by atoms with Crippen molar-refractivity contribution in [2.24, 2.45) is 5.92 Å². The van der Waals surface area contributed by atoms with Crippen LogP contribution in [-0.2, 0) is 4.74 Å². The Hall–Kier alpha value is -0.300. The smallest absolute Gasteiger partial charge is 0.0601 e. The van der Waals surface area contributed by atoms with Crippen molar-refractivity contribution < 1.29 is 4.74 Å². The van der Waals surface area contributed by atoms with Crippen molar-refractivity contribution in [3.63, 3.8) is 0 Å². The number of hydrogen-bond donors (Lipinski definition) is 0. The second-order valence-corrected chi connectivity index (χ2v) is 3.39. The Kier molecular flexibility index (Phi) is 3.64. The molecule has 0 saturated carbocycles. The lowest BCUT2D eigenvalue weighted by atomic mass is 9.99. The van der Waals surface area contributed by atoms with E-state index in [9.17, 15) is 0 Å². The van der Waals surface area contributed by atoms with Gasteiger partial charge in [-0.05, 0) is 31.6 Å². The zero-order chi connectivity index (χ0) is 8.10. The molecule has 1 fully saturated rings. The summed E-state index contributed by atoms with van der Waals surface area (Å²) in [5.41, 5.74) is 0. The molecule has 0 aromatic rings. The molecule has 2 atom stereocenters. The lowest BCUT2D eigenvalue weighted by Crippen LogP contribution is -2.12. The van der Waals surface area contributed by atoms with Crippen LogP contribution in [0, 0.1) is 5.92 Å². The van der Waals surface area contributed by atoms with E-state index in [1.54, 1.807) is 0 Å². The Morgan fingerprint density at radius 2 is 2.45 bits per heavy atom. The Bertz CT molecular complexity index is 120. The van der Waals surface area contributed by atoms with Gasteiger partial charge in [0.25, 0.3) is 0 Å². The second kappa shape index (κ2) is 4.55. The molecular formula is C10H18O. The van der Waals surface area contributed by atoms with Crippen LogP contribution in [0.25, 0.3) is 0 Å². The zero-order valence-corrected chi connectivity index (χ0v) is 7.38. The van der Waals surface area contributed by atoms with E-state index in [2.05, 4.69) is 13.5 Å². The van der Waals surface area contributed by atoms with Crippen LogP contribution in [0.3, 0.4) is 0 Å². The highest BCUT2D eigenvalue weighted by Crippen LogP contribution is 2.24. The molecule has 0 bridgehead atoms. The standard InChI is InChI=1S/C10H18O/c1-3-4-5-6-10-9(2)7-8-11-10/h3,9-10H,1,4-8H2,2H3/t9-,10-/m1/s1. The molecule has 1 aliphatic heterocycles. The third kappa shape index (κ3) is 2.66. The maximum atomic E-state index is 5.58. The topological polar surface area (TPSA) is 9.23 Å². The largest absolute Gasteiger partial charge is 0.378 e. The summed E-state index contributed by atoms with van der Waals surface area (Å²) in [6, 6.07) is 0. The number of rotatable bonds is 4. The van der Waals surface area contributed by atoms with Gasteiger partial charge in [0.15, 0.2) is 0 Å². The third-order valence-electron chi connectivity index (χ3n) is 2.44. The van der Waals surface area contributed by atoms with Crippen molar-refractivity contribution >= 4 is 0 Å². The van der Waals surface area contributed by atoms with Gasteiger partial charge in [0.2, 0.25) is 0 Å². The second-order valence-electron chi connectivity index (χ2n) is 3.39. The van der Waals surface area contributed by atoms with Gasteiger partial charge in [-0.1, -0.05) is 13.0 Å². The summed E-state index contributed by atoms with van der Waals surface area (Å²) in [7, 11) is 0. The fraction of sp³-hybridized carbons (Fsp3) is 0.800. The fourth-order valence-electron chi connectivity index (χ4n) is 1.59. The van der Waals surface area contributed by atoms with Crippen LogP contribution in [0.1, 0.15) is 32.6 Å². The average molecular weight is 154 g/mol. The van der Waals surface area contributed by atoms with Crippen LogP contribution < -0.4 is 0 Å². The van der Waals surface area contributed by atoms with Gasteiger partial charge in [-0.25, -0.2) is 0 Å². The van der Waals surface area contributed by atoms with Gasteiger partial charge < -0.3 is 4.74 Å². The molecule has 1 heteroatoms. The number of allylic oxidation sites excluding steroid dienone is 1. The van der Waals surface area contributed by atoms with E-state index in [0.29, 0.717) is 6.10 Å². The summed E-state index contributed by atoms with van der Waals surface area (Å²) in [6.07, 6.45) is 7.35. The van der Waals surface area contributed by atoms with Crippen LogP contribution >= 0.6 is 0 Å². The Morgan fingerprint density at radius 1 is 1.64 bits per heavy atom. The molecule has 64 valence electrons. The molecule has 1 aliphatic rings. The first-order chi connectivity index (χ1) is 5.34. The Balaban J connectivity index is 2.10. The maximum absolute atomic E-state index is 5.58. The van der Waals surface area contributed by atoms with E-state index in [4.69, 9.17) is 4.74 Å². The highest BCUT2D eigenvalue weighted by atomic mass is 16.5. The highest BCUT2D eigenvalue weighted by Gasteiger charge is 2.22. The van der Waals surface area contributed by atoms with E-state index in [1.807, 2.05) is 6.08 Å². The molecule has 1 saturated heterocycles. The minimum absolute atomic E-state index is 0.537. The fourth-order valence-corrected chi connectivity index (χ4v) is 1.59. The first-order valence-corrected chi connectivity index (χ1v) is 4.57. The first kappa shape index (κ1) is 8.79. The summed E-state index contributed by atoms with van der Waals surface area (Å²) >= 11 is 0. The van der Waals surface area contributed by atoms with Crippen molar-refractivity contribution in [1.29, 1.82) is 0 Å². The third-order valence-corrected chi connectivity index (χ3v) is 2.44. The predicted molar refractivity (Wildman–Crippen MR) is 47.6 cm³/mol. The normalized spacial score (nSPS) is 30.6. The molecule has 0 radical (unpaired) electrons. The average Bonchev–Trinajstić information content (AvgIpc) is 2.37. The van der Waals surface area contributed by atoms with Gasteiger partial charge in [0, 0.05) is 6.61 Å². The van der Waals surface area contributed by atoms with E-state index in [-0.39, 0.29) is 0 Å². The summed E-state index contributed by atoms with van der Waals surface area (Å²) in [5, 5.41) is 0. The van der Waals surface area contributed by atoms with Crippen LogP contribution in [0.15, 0.2) is 12.7 Å². The van der Waals surface area contributed by atoms with Crippen molar-refractivity contribution in [2.45, 2.75) is 38.7 Å². The van der Waals surface area contributed by atoms with Crippen molar-refractivity contribution in [3.8, 4) is 0 Å². The van der Waals surface area contributed by atoms with E-state index in [1.165, 1.54) is 19.3 Å². The lowest BCUT2D eigenvalue weighted by molar-refractivity contribution is 0.0856. The minimum atomic E-state index is 0.537. The molecular weight excluding hydrogens is 136 g/mol. The molecule has 1 rings (SSSR count). The number of ether oxygens (including phenoxy) is 1. The first-order valence-electron chi connectivity index (χ1n) is 4.57. The molecule has 0 aliphatic carbocycles. The summed E-state index contributed by atoms with van der Waals surface area (Å²) < 4.78 is 5.58. The van der Waals surface area contributed by atoms with Gasteiger partial charge in [-0.2, -0.15) is 0 Å². The van der Waals surface area contributed by atoms with E-state index >= 15 is 0 Å². The summed E-state index contributed by atoms with van der Waals surface area (Å²) in [4.78, 5) is 0. The zero-order valence-electron chi connectivity index (χ0n) is 7.38. The van der Waals surface area contributed by atoms with Crippen LogP contribution in [0.2, 0.25) is 0 Å². The number of hydrogen-bond acceptors (Lipinski definition) is 1.